The first-order valence-corrected chi connectivity index (χ1v) is 5.36. The van der Waals surface area contributed by atoms with Crippen LogP contribution in [-0.2, 0) is 0 Å². The zero-order valence-corrected chi connectivity index (χ0v) is 10.2. The van der Waals surface area contributed by atoms with Gasteiger partial charge in [-0.2, -0.15) is 5.26 Å². The summed E-state index contributed by atoms with van der Waals surface area (Å²) in [5.74, 6) is 0. The molecular formula is C13H19N3. The maximum absolute atomic E-state index is 8.60. The van der Waals surface area contributed by atoms with E-state index in [4.69, 9.17) is 5.26 Å². The van der Waals surface area contributed by atoms with E-state index in [1.807, 2.05) is 25.3 Å². The van der Waals surface area contributed by atoms with Gasteiger partial charge in [-0.3, -0.25) is 4.99 Å². The average Bonchev–Trinajstić information content (AvgIpc) is 2.28. The van der Waals surface area contributed by atoms with E-state index < -0.39 is 0 Å². The van der Waals surface area contributed by atoms with Gasteiger partial charge in [-0.25, -0.2) is 0 Å². The number of nitrogens with one attached hydrogen (secondary N) is 1. The summed E-state index contributed by atoms with van der Waals surface area (Å²) in [5.41, 5.74) is 2.04. The Bertz CT molecular complexity index is 341. The zero-order chi connectivity index (χ0) is 12.2. The lowest BCUT2D eigenvalue weighted by atomic mass is 10.2. The van der Waals surface area contributed by atoms with Gasteiger partial charge in [-0.05, 0) is 18.9 Å². The minimum Gasteiger partial charge on any atom is -0.394 e. The standard InChI is InChI=1S/C13H19N3/c1-4-6-12(5-2)10-16-11-13(7-8-14)9-15-3/h4,6,9-11,15H,5,7H2,1-3H3/b6-4-,12-10-,13-9-,16-11-. The molecule has 0 aromatic carbocycles. The molecule has 0 saturated heterocycles. The minimum absolute atomic E-state index is 0.364. The molecule has 0 rings (SSSR count). The van der Waals surface area contributed by atoms with Crippen molar-refractivity contribution in [2.75, 3.05) is 7.05 Å². The SMILES string of the molecule is C\C=C/C(=C\N=C/C(=C\NC)CC#N)CC. The van der Waals surface area contributed by atoms with E-state index in [2.05, 4.69) is 23.3 Å². The molecule has 0 amide bonds. The summed E-state index contributed by atoms with van der Waals surface area (Å²) in [5, 5.41) is 11.5. The molecule has 0 heterocycles. The Kier molecular flexibility index (Phi) is 8.62. The van der Waals surface area contributed by atoms with E-state index in [9.17, 15) is 0 Å². The van der Waals surface area contributed by atoms with Crippen LogP contribution in [0.1, 0.15) is 26.7 Å². The molecule has 3 heteroatoms. The molecule has 3 nitrogen and oxygen atoms in total. The van der Waals surface area contributed by atoms with Crippen LogP contribution in [0.15, 0.2) is 40.7 Å². The molecule has 0 aliphatic heterocycles. The summed E-state index contributed by atoms with van der Waals surface area (Å²) in [6.45, 7) is 4.07. The van der Waals surface area contributed by atoms with E-state index in [1.54, 1.807) is 19.5 Å². The Balaban J connectivity index is 4.56. The summed E-state index contributed by atoms with van der Waals surface area (Å²) in [4.78, 5) is 4.20. The summed E-state index contributed by atoms with van der Waals surface area (Å²) < 4.78 is 0. The van der Waals surface area contributed by atoms with Gasteiger partial charge >= 0.3 is 0 Å². The van der Waals surface area contributed by atoms with Crippen LogP contribution >= 0.6 is 0 Å². The van der Waals surface area contributed by atoms with Crippen molar-refractivity contribution in [1.82, 2.24) is 5.32 Å². The molecular weight excluding hydrogens is 198 g/mol. The summed E-state index contributed by atoms with van der Waals surface area (Å²) in [7, 11) is 1.80. The predicted octanol–water partition coefficient (Wildman–Crippen LogP) is 2.94. The fraction of sp³-hybridized carbons (Fsp3) is 0.385. The van der Waals surface area contributed by atoms with E-state index >= 15 is 0 Å². The van der Waals surface area contributed by atoms with Crippen molar-refractivity contribution in [3.8, 4) is 6.07 Å². The fourth-order valence-electron chi connectivity index (χ4n) is 1.11. The highest BCUT2D eigenvalue weighted by Crippen LogP contribution is 2.03. The lowest BCUT2D eigenvalue weighted by Crippen LogP contribution is -1.97. The van der Waals surface area contributed by atoms with Crippen molar-refractivity contribution in [1.29, 1.82) is 5.26 Å². The second kappa shape index (κ2) is 9.72. The highest BCUT2D eigenvalue weighted by molar-refractivity contribution is 5.79. The maximum atomic E-state index is 8.60. The molecule has 0 radical (unpaired) electrons. The number of hydrogen-bond donors (Lipinski definition) is 1. The molecule has 1 N–H and O–H groups in total. The summed E-state index contributed by atoms with van der Waals surface area (Å²) in [6.07, 6.45) is 10.6. The first kappa shape index (κ1) is 14.2. The molecule has 0 spiro atoms. The second-order valence-corrected chi connectivity index (χ2v) is 3.18. The third-order valence-electron chi connectivity index (χ3n) is 1.88. The largest absolute Gasteiger partial charge is 0.394 e. The average molecular weight is 217 g/mol. The van der Waals surface area contributed by atoms with Gasteiger partial charge in [0, 0.05) is 31.2 Å². The van der Waals surface area contributed by atoms with E-state index in [0.717, 1.165) is 12.0 Å². The van der Waals surface area contributed by atoms with Crippen LogP contribution < -0.4 is 5.32 Å². The first-order valence-electron chi connectivity index (χ1n) is 5.36. The van der Waals surface area contributed by atoms with Gasteiger partial charge in [0.1, 0.15) is 0 Å². The fourth-order valence-corrected chi connectivity index (χ4v) is 1.11. The molecule has 86 valence electrons. The number of nitriles is 1. The Morgan fingerprint density at radius 2 is 2.19 bits per heavy atom. The number of rotatable bonds is 6. The van der Waals surface area contributed by atoms with Crippen LogP contribution in [0.25, 0.3) is 0 Å². The van der Waals surface area contributed by atoms with E-state index in [0.29, 0.717) is 6.42 Å². The molecule has 0 atom stereocenters. The molecule has 0 aromatic heterocycles. The van der Waals surface area contributed by atoms with Crippen LogP contribution in [0.2, 0.25) is 0 Å². The third-order valence-corrected chi connectivity index (χ3v) is 1.88. The number of hydrogen-bond acceptors (Lipinski definition) is 3. The lowest BCUT2D eigenvalue weighted by molar-refractivity contribution is 1.08. The van der Waals surface area contributed by atoms with Gasteiger partial charge in [-0.1, -0.05) is 19.1 Å². The van der Waals surface area contributed by atoms with Gasteiger partial charge in [0.2, 0.25) is 0 Å². The monoisotopic (exact) mass is 217 g/mol. The Morgan fingerprint density at radius 1 is 1.44 bits per heavy atom. The van der Waals surface area contributed by atoms with E-state index in [-0.39, 0.29) is 0 Å². The molecule has 0 unspecified atom stereocenters. The van der Waals surface area contributed by atoms with Gasteiger partial charge in [0.05, 0.1) is 12.5 Å². The Morgan fingerprint density at radius 3 is 2.69 bits per heavy atom. The predicted molar refractivity (Wildman–Crippen MR) is 69.1 cm³/mol. The van der Waals surface area contributed by atoms with Crippen LogP contribution in [0.4, 0.5) is 0 Å². The van der Waals surface area contributed by atoms with Crippen molar-refractivity contribution in [2.45, 2.75) is 26.7 Å². The van der Waals surface area contributed by atoms with Gasteiger partial charge in [0.25, 0.3) is 0 Å². The lowest BCUT2D eigenvalue weighted by Gasteiger charge is -1.95. The number of nitrogens with zero attached hydrogens (tertiary/aromatic N) is 2. The molecule has 16 heavy (non-hydrogen) atoms. The van der Waals surface area contributed by atoms with Crippen molar-refractivity contribution in [2.24, 2.45) is 4.99 Å². The van der Waals surface area contributed by atoms with Crippen molar-refractivity contribution >= 4 is 6.21 Å². The minimum atomic E-state index is 0.364. The molecule has 0 aliphatic carbocycles. The van der Waals surface area contributed by atoms with Gasteiger partial charge in [0.15, 0.2) is 0 Å². The van der Waals surface area contributed by atoms with Crippen molar-refractivity contribution in [3.63, 3.8) is 0 Å². The maximum Gasteiger partial charge on any atom is 0.0670 e. The molecule has 0 bridgehead atoms. The van der Waals surface area contributed by atoms with Crippen LogP contribution in [0.3, 0.4) is 0 Å². The van der Waals surface area contributed by atoms with Crippen molar-refractivity contribution in [3.05, 3.63) is 35.7 Å². The highest BCUT2D eigenvalue weighted by Gasteiger charge is 1.90. The quantitative estimate of drug-likeness (QED) is 0.549. The number of aliphatic imine (C=N–C) groups is 1. The van der Waals surface area contributed by atoms with Gasteiger partial charge < -0.3 is 5.32 Å². The molecule has 0 saturated carbocycles. The van der Waals surface area contributed by atoms with Crippen LogP contribution in [-0.4, -0.2) is 13.3 Å². The Labute approximate surface area is 97.9 Å². The van der Waals surface area contributed by atoms with Crippen LogP contribution in [0, 0.1) is 11.3 Å². The third kappa shape index (κ3) is 6.61. The van der Waals surface area contributed by atoms with Gasteiger partial charge in [-0.15, -0.1) is 0 Å². The highest BCUT2D eigenvalue weighted by atomic mass is 14.8. The topological polar surface area (TPSA) is 48.2 Å². The second-order valence-electron chi connectivity index (χ2n) is 3.18. The summed E-state index contributed by atoms with van der Waals surface area (Å²) in [6, 6.07) is 2.10. The summed E-state index contributed by atoms with van der Waals surface area (Å²) >= 11 is 0. The zero-order valence-electron chi connectivity index (χ0n) is 10.2. The number of allylic oxidation sites excluding steroid dienone is 4. The molecule has 0 aliphatic rings. The molecule has 0 aromatic rings. The van der Waals surface area contributed by atoms with E-state index in [1.165, 1.54) is 5.57 Å². The normalized spacial score (nSPS) is 13.4. The smallest absolute Gasteiger partial charge is 0.0670 e. The Hall–Kier alpha value is -1.82. The van der Waals surface area contributed by atoms with Crippen LogP contribution in [0.5, 0.6) is 0 Å². The van der Waals surface area contributed by atoms with Crippen molar-refractivity contribution < 1.29 is 0 Å². The molecule has 0 fully saturated rings. The first-order chi connectivity index (χ1) is 7.78.